The number of aromatic nitrogens is 4. The molecule has 3 rings (SSSR count). The normalized spacial score (nSPS) is 11.6. The van der Waals surface area contributed by atoms with Crippen LogP contribution >= 0.6 is 23.4 Å². The number of ether oxygens (including phenoxy) is 1. The summed E-state index contributed by atoms with van der Waals surface area (Å²) in [6.07, 6.45) is 0. The number of aryl methyl sites for hydroxylation is 2. The highest BCUT2D eigenvalue weighted by molar-refractivity contribution is 8.00. The first kappa shape index (κ1) is 20.3. The van der Waals surface area contributed by atoms with E-state index in [4.69, 9.17) is 16.3 Å². The molecule has 0 aliphatic rings. The summed E-state index contributed by atoms with van der Waals surface area (Å²) >= 11 is 5.81. The molecule has 6 nitrogen and oxygen atoms in total. The fraction of sp³-hybridized carbons (Fsp3) is 0.235. The minimum Gasteiger partial charge on any atom is -0.487 e. The average molecular weight is 431 g/mol. The quantitative estimate of drug-likeness (QED) is 0.570. The first-order valence-corrected chi connectivity index (χ1v) is 9.11. The molecule has 0 bridgehead atoms. The summed E-state index contributed by atoms with van der Waals surface area (Å²) in [7, 11) is 1.39. The van der Waals surface area contributed by atoms with E-state index >= 15 is 0 Å². The van der Waals surface area contributed by atoms with E-state index in [1.54, 1.807) is 18.2 Å². The van der Waals surface area contributed by atoms with Gasteiger partial charge < -0.3 is 4.74 Å². The van der Waals surface area contributed by atoms with Crippen molar-refractivity contribution >= 4 is 23.4 Å². The van der Waals surface area contributed by atoms with Crippen LogP contribution in [0, 0.1) is 6.92 Å². The van der Waals surface area contributed by atoms with Crippen molar-refractivity contribution in [3.8, 4) is 11.4 Å². The molecule has 0 N–H and O–H groups in total. The summed E-state index contributed by atoms with van der Waals surface area (Å²) in [4.78, 5) is 12.1. The zero-order chi connectivity index (χ0) is 20.5. The van der Waals surface area contributed by atoms with Gasteiger partial charge in [0, 0.05) is 17.5 Å². The molecule has 11 heteroatoms. The Morgan fingerprint density at radius 1 is 1.21 bits per heavy atom. The minimum atomic E-state index is -4.51. The molecule has 0 unspecified atom stereocenters. The lowest BCUT2D eigenvalue weighted by Crippen LogP contribution is -2.23. The van der Waals surface area contributed by atoms with Crippen molar-refractivity contribution < 1.29 is 17.9 Å². The largest absolute Gasteiger partial charge is 0.487 e. The first-order chi connectivity index (χ1) is 13.2. The number of alkyl halides is 3. The van der Waals surface area contributed by atoms with Gasteiger partial charge in [-0.1, -0.05) is 23.7 Å². The van der Waals surface area contributed by atoms with Gasteiger partial charge in [-0.25, -0.2) is 4.79 Å². The summed E-state index contributed by atoms with van der Waals surface area (Å²) in [5.74, 6) is 0.325. The average Bonchev–Trinajstić information content (AvgIpc) is 2.94. The second-order valence-corrected chi connectivity index (χ2v) is 7.34. The molecule has 28 heavy (non-hydrogen) atoms. The van der Waals surface area contributed by atoms with Crippen molar-refractivity contribution in [1.82, 2.24) is 19.8 Å². The summed E-state index contributed by atoms with van der Waals surface area (Å²) in [6, 6.07) is 9.29. The maximum absolute atomic E-state index is 13.0. The van der Waals surface area contributed by atoms with Gasteiger partial charge in [0.15, 0.2) is 0 Å². The second-order valence-electron chi connectivity index (χ2n) is 5.82. The summed E-state index contributed by atoms with van der Waals surface area (Å²) in [6.45, 7) is 1.59. The highest BCUT2D eigenvalue weighted by Gasteiger charge is 2.31. The van der Waals surface area contributed by atoms with E-state index in [0.717, 1.165) is 14.9 Å². The maximum atomic E-state index is 13.0. The molecule has 0 spiro atoms. The van der Waals surface area contributed by atoms with Gasteiger partial charge in [0.1, 0.15) is 12.4 Å². The molecule has 3 aromatic rings. The van der Waals surface area contributed by atoms with Crippen LogP contribution in [0.15, 0.2) is 46.1 Å². The summed E-state index contributed by atoms with van der Waals surface area (Å²) in [5, 5.41) is 7.65. The van der Waals surface area contributed by atoms with Gasteiger partial charge in [0.25, 0.3) is 0 Å². The molecule has 0 atom stereocenters. The molecule has 2 aromatic carbocycles. The van der Waals surface area contributed by atoms with E-state index < -0.39 is 11.2 Å². The van der Waals surface area contributed by atoms with Gasteiger partial charge in [-0.05, 0) is 58.9 Å². The molecular formula is C17H14ClF3N4O2S. The van der Waals surface area contributed by atoms with E-state index in [1.165, 1.54) is 25.2 Å². The maximum Gasteiger partial charge on any atom is 0.446 e. The Hall–Kier alpha value is -2.46. The second kappa shape index (κ2) is 7.88. The molecule has 1 aromatic heterocycles. The van der Waals surface area contributed by atoms with E-state index in [-0.39, 0.29) is 34.5 Å². The SMILES string of the molecule is Cc1ccc(Cl)c(OCc2c(SC(F)(F)F)cccc2-n2nnn(C)c2=O)c1. The van der Waals surface area contributed by atoms with Gasteiger partial charge in [-0.3, -0.25) is 0 Å². The van der Waals surface area contributed by atoms with Gasteiger partial charge >= 0.3 is 11.2 Å². The lowest BCUT2D eigenvalue weighted by atomic mass is 10.2. The zero-order valence-corrected chi connectivity index (χ0v) is 16.3. The number of hydrogen-bond acceptors (Lipinski definition) is 5. The van der Waals surface area contributed by atoms with Crippen LogP contribution in [-0.4, -0.2) is 25.3 Å². The molecule has 0 aliphatic carbocycles. The number of halogens is 4. The molecule has 0 saturated heterocycles. The number of benzene rings is 2. The van der Waals surface area contributed by atoms with E-state index in [2.05, 4.69) is 10.4 Å². The van der Waals surface area contributed by atoms with Gasteiger partial charge in [0.05, 0.1) is 10.7 Å². The number of rotatable bonds is 5. The Bertz CT molecular complexity index is 1070. The Balaban J connectivity index is 2.06. The molecule has 0 aliphatic heterocycles. The lowest BCUT2D eigenvalue weighted by molar-refractivity contribution is -0.0328. The molecule has 0 saturated carbocycles. The van der Waals surface area contributed by atoms with Crippen LogP contribution in [0.1, 0.15) is 11.1 Å². The first-order valence-electron chi connectivity index (χ1n) is 7.91. The predicted molar refractivity (Wildman–Crippen MR) is 99.0 cm³/mol. The number of tetrazole rings is 1. The van der Waals surface area contributed by atoms with E-state index in [1.807, 2.05) is 6.92 Å². The number of nitrogens with zero attached hydrogens (tertiary/aromatic N) is 4. The van der Waals surface area contributed by atoms with Crippen molar-refractivity contribution in [2.24, 2.45) is 7.05 Å². The highest BCUT2D eigenvalue weighted by Crippen LogP contribution is 2.40. The van der Waals surface area contributed by atoms with Crippen molar-refractivity contribution in [1.29, 1.82) is 0 Å². The standard InChI is InChI=1S/C17H14ClF3N4O2S/c1-10-6-7-12(18)14(8-10)27-9-11-13(25-16(26)24(2)22-23-25)4-3-5-15(11)28-17(19,20)21/h3-8H,9H2,1-2H3. The van der Waals surface area contributed by atoms with Crippen LogP contribution < -0.4 is 10.4 Å². The Morgan fingerprint density at radius 3 is 2.61 bits per heavy atom. The van der Waals surface area contributed by atoms with Gasteiger partial charge in [0.2, 0.25) is 0 Å². The zero-order valence-electron chi connectivity index (χ0n) is 14.7. The topological polar surface area (TPSA) is 61.9 Å². The van der Waals surface area contributed by atoms with Crippen molar-refractivity contribution in [3.63, 3.8) is 0 Å². The van der Waals surface area contributed by atoms with Crippen LogP contribution in [0.3, 0.4) is 0 Å². The van der Waals surface area contributed by atoms with Crippen LogP contribution in [0.5, 0.6) is 5.75 Å². The minimum absolute atomic E-state index is 0.105. The molecule has 1 heterocycles. The summed E-state index contributed by atoms with van der Waals surface area (Å²) in [5.41, 5.74) is -3.94. The lowest BCUT2D eigenvalue weighted by Gasteiger charge is -2.16. The molecular weight excluding hydrogens is 417 g/mol. The summed E-state index contributed by atoms with van der Waals surface area (Å²) < 4.78 is 46.6. The number of thioether (sulfide) groups is 1. The molecule has 0 fully saturated rings. The smallest absolute Gasteiger partial charge is 0.446 e. The third kappa shape index (κ3) is 4.50. The fourth-order valence-corrected chi connectivity index (χ4v) is 3.31. The predicted octanol–water partition coefficient (Wildman–Crippen LogP) is 4.12. The van der Waals surface area contributed by atoms with Crippen molar-refractivity contribution in [2.75, 3.05) is 0 Å². The third-order valence-corrected chi connectivity index (χ3v) is 4.89. The Kier molecular flexibility index (Phi) is 5.71. The Labute approximate surface area is 166 Å². The Morgan fingerprint density at radius 2 is 1.96 bits per heavy atom. The van der Waals surface area contributed by atoms with Crippen LogP contribution in [0.2, 0.25) is 5.02 Å². The van der Waals surface area contributed by atoms with Gasteiger partial charge in [-0.2, -0.15) is 22.5 Å². The monoisotopic (exact) mass is 430 g/mol. The van der Waals surface area contributed by atoms with Crippen LogP contribution in [-0.2, 0) is 13.7 Å². The van der Waals surface area contributed by atoms with E-state index in [0.29, 0.717) is 10.8 Å². The van der Waals surface area contributed by atoms with Crippen molar-refractivity contribution in [2.45, 2.75) is 23.9 Å². The third-order valence-electron chi connectivity index (χ3n) is 3.74. The van der Waals surface area contributed by atoms with E-state index in [9.17, 15) is 18.0 Å². The highest BCUT2D eigenvalue weighted by atomic mass is 35.5. The van der Waals surface area contributed by atoms with Crippen LogP contribution in [0.25, 0.3) is 5.69 Å². The number of hydrogen-bond donors (Lipinski definition) is 0. The van der Waals surface area contributed by atoms with Crippen molar-refractivity contribution in [3.05, 3.63) is 63.0 Å². The fourth-order valence-electron chi connectivity index (χ4n) is 2.45. The van der Waals surface area contributed by atoms with Gasteiger partial charge in [-0.15, -0.1) is 0 Å². The molecule has 148 valence electrons. The molecule has 0 radical (unpaired) electrons. The molecule has 0 amide bonds. The van der Waals surface area contributed by atoms with Crippen LogP contribution in [0.4, 0.5) is 13.2 Å².